The number of hydrogen-bond donors (Lipinski definition) is 2. The number of carbonyl (C=O) groups excluding carboxylic acids is 1. The number of nitriles is 1. The van der Waals surface area contributed by atoms with Gasteiger partial charge in [-0.15, -0.1) is 0 Å². The molecule has 0 spiro atoms. The Morgan fingerprint density at radius 1 is 1.22 bits per heavy atom. The summed E-state index contributed by atoms with van der Waals surface area (Å²) in [5.74, 6) is -0.329. The van der Waals surface area contributed by atoms with Crippen molar-refractivity contribution in [2.75, 3.05) is 5.32 Å². The maximum Gasteiger partial charge on any atom is 0.266 e. The lowest BCUT2D eigenvalue weighted by atomic mass is 9.95. The summed E-state index contributed by atoms with van der Waals surface area (Å²) in [4.78, 5) is 12.5. The summed E-state index contributed by atoms with van der Waals surface area (Å²) in [5.41, 5.74) is 3.78. The largest absolute Gasteiger partial charge is 0.508 e. The Morgan fingerprint density at radius 2 is 1.89 bits per heavy atom. The first-order chi connectivity index (χ1) is 13.0. The van der Waals surface area contributed by atoms with Gasteiger partial charge in [0.25, 0.3) is 5.91 Å². The second-order valence-corrected chi connectivity index (χ2v) is 7.16. The third kappa shape index (κ3) is 4.22. The highest BCUT2D eigenvalue weighted by molar-refractivity contribution is 6.09. The zero-order valence-corrected chi connectivity index (χ0v) is 15.8. The molecule has 1 fully saturated rings. The molecule has 1 saturated carbocycles. The number of aromatic hydroxyl groups is 1. The van der Waals surface area contributed by atoms with Gasteiger partial charge in [0.15, 0.2) is 0 Å². The minimum absolute atomic E-state index is 0.0620. The van der Waals surface area contributed by atoms with Crippen LogP contribution in [0, 0.1) is 25.2 Å². The molecule has 5 heteroatoms. The summed E-state index contributed by atoms with van der Waals surface area (Å²) in [5, 5.41) is 21.5. The van der Waals surface area contributed by atoms with Crippen molar-refractivity contribution in [3.05, 3.63) is 52.9 Å². The standard InChI is InChI=1S/C22H25N3O2/c1-15-12-17(16(2)25(15)20-6-4-3-5-7-20)13-18(14-23)22(27)24-19-8-10-21(26)11-9-19/h8-13,20,26H,3-7H2,1-2H3,(H,24,27)/b18-13-. The summed E-state index contributed by atoms with van der Waals surface area (Å²) in [7, 11) is 0. The van der Waals surface area contributed by atoms with Gasteiger partial charge in [0.2, 0.25) is 0 Å². The first-order valence-corrected chi connectivity index (χ1v) is 9.40. The number of amides is 1. The number of nitrogens with zero attached hydrogens (tertiary/aromatic N) is 2. The van der Waals surface area contributed by atoms with Crippen molar-refractivity contribution >= 4 is 17.7 Å². The Hall–Kier alpha value is -3.00. The summed E-state index contributed by atoms with van der Waals surface area (Å²) in [6.07, 6.45) is 7.85. The number of aryl methyl sites for hydroxylation is 1. The zero-order chi connectivity index (χ0) is 19.4. The van der Waals surface area contributed by atoms with Crippen molar-refractivity contribution in [1.29, 1.82) is 5.26 Å². The molecule has 5 nitrogen and oxygen atoms in total. The number of rotatable bonds is 4. The third-order valence-electron chi connectivity index (χ3n) is 5.25. The van der Waals surface area contributed by atoms with E-state index in [1.54, 1.807) is 18.2 Å². The van der Waals surface area contributed by atoms with E-state index in [-0.39, 0.29) is 11.3 Å². The predicted octanol–water partition coefficient (Wildman–Crippen LogP) is 4.86. The van der Waals surface area contributed by atoms with Gasteiger partial charge >= 0.3 is 0 Å². The predicted molar refractivity (Wildman–Crippen MR) is 106 cm³/mol. The fourth-order valence-electron chi connectivity index (χ4n) is 3.90. The van der Waals surface area contributed by atoms with E-state index in [9.17, 15) is 15.2 Å². The lowest BCUT2D eigenvalue weighted by Crippen LogP contribution is -2.15. The molecule has 0 saturated heterocycles. The highest BCUT2D eigenvalue weighted by Gasteiger charge is 2.20. The van der Waals surface area contributed by atoms with Gasteiger partial charge in [-0.2, -0.15) is 5.26 Å². The Balaban J connectivity index is 1.84. The molecule has 3 rings (SSSR count). The fraction of sp³-hybridized carbons (Fsp3) is 0.364. The number of anilines is 1. The normalized spacial score (nSPS) is 15.4. The molecule has 0 radical (unpaired) electrons. The van der Waals surface area contributed by atoms with E-state index < -0.39 is 5.91 Å². The molecule has 0 bridgehead atoms. The van der Waals surface area contributed by atoms with Crippen LogP contribution in [0.25, 0.3) is 6.08 Å². The maximum atomic E-state index is 12.5. The van der Waals surface area contributed by atoms with Gasteiger partial charge in [-0.1, -0.05) is 19.3 Å². The Bertz CT molecular complexity index is 895. The van der Waals surface area contributed by atoms with Crippen LogP contribution in [0.2, 0.25) is 0 Å². The number of aromatic nitrogens is 1. The molecule has 0 atom stereocenters. The van der Waals surface area contributed by atoms with Crippen molar-refractivity contribution in [3.63, 3.8) is 0 Å². The van der Waals surface area contributed by atoms with E-state index in [4.69, 9.17) is 0 Å². The van der Waals surface area contributed by atoms with Gasteiger partial charge in [0.1, 0.15) is 17.4 Å². The average Bonchev–Trinajstić information content (AvgIpc) is 2.95. The second kappa shape index (κ2) is 8.13. The highest BCUT2D eigenvalue weighted by Crippen LogP contribution is 2.32. The average molecular weight is 363 g/mol. The summed E-state index contributed by atoms with van der Waals surface area (Å²) >= 11 is 0. The molecular weight excluding hydrogens is 338 g/mol. The topological polar surface area (TPSA) is 78.1 Å². The smallest absolute Gasteiger partial charge is 0.266 e. The van der Waals surface area contributed by atoms with Gasteiger partial charge in [-0.3, -0.25) is 4.79 Å². The van der Waals surface area contributed by atoms with E-state index in [1.165, 1.54) is 49.9 Å². The van der Waals surface area contributed by atoms with Crippen LogP contribution < -0.4 is 5.32 Å². The first-order valence-electron chi connectivity index (χ1n) is 9.40. The molecule has 2 N–H and O–H groups in total. The van der Waals surface area contributed by atoms with Crippen LogP contribution >= 0.6 is 0 Å². The molecule has 27 heavy (non-hydrogen) atoms. The fourth-order valence-corrected chi connectivity index (χ4v) is 3.90. The molecule has 1 aliphatic carbocycles. The lowest BCUT2D eigenvalue weighted by molar-refractivity contribution is -0.112. The minimum Gasteiger partial charge on any atom is -0.508 e. The van der Waals surface area contributed by atoms with Crippen molar-refractivity contribution in [2.45, 2.75) is 52.0 Å². The molecule has 1 aromatic carbocycles. The summed E-state index contributed by atoms with van der Waals surface area (Å²) in [6.45, 7) is 4.14. The van der Waals surface area contributed by atoms with E-state index >= 15 is 0 Å². The molecule has 1 heterocycles. The van der Waals surface area contributed by atoms with Crippen LogP contribution in [0.5, 0.6) is 5.75 Å². The van der Waals surface area contributed by atoms with E-state index in [1.807, 2.05) is 6.07 Å². The van der Waals surface area contributed by atoms with Crippen LogP contribution in [-0.4, -0.2) is 15.6 Å². The monoisotopic (exact) mass is 363 g/mol. The number of phenols is 1. The van der Waals surface area contributed by atoms with Crippen LogP contribution in [-0.2, 0) is 4.79 Å². The van der Waals surface area contributed by atoms with Crippen molar-refractivity contribution in [3.8, 4) is 11.8 Å². The lowest BCUT2D eigenvalue weighted by Gasteiger charge is -2.26. The molecule has 2 aromatic rings. The number of phenolic OH excluding ortho intramolecular Hbond substituents is 1. The van der Waals surface area contributed by atoms with Crippen LogP contribution in [0.15, 0.2) is 35.9 Å². The number of carbonyl (C=O) groups is 1. The Labute approximate surface area is 159 Å². The molecule has 1 aliphatic rings. The Kier molecular flexibility index (Phi) is 5.66. The number of nitrogens with one attached hydrogen (secondary N) is 1. The summed E-state index contributed by atoms with van der Waals surface area (Å²) < 4.78 is 2.36. The molecule has 1 aromatic heterocycles. The van der Waals surface area contributed by atoms with Crippen LogP contribution in [0.4, 0.5) is 5.69 Å². The highest BCUT2D eigenvalue weighted by atomic mass is 16.3. The van der Waals surface area contributed by atoms with Crippen molar-refractivity contribution in [2.24, 2.45) is 0 Å². The van der Waals surface area contributed by atoms with E-state index in [0.717, 1.165) is 11.3 Å². The van der Waals surface area contributed by atoms with Crippen LogP contribution in [0.3, 0.4) is 0 Å². The van der Waals surface area contributed by atoms with Gasteiger partial charge in [0, 0.05) is 23.1 Å². The summed E-state index contributed by atoms with van der Waals surface area (Å²) in [6, 6.07) is 10.7. The molecule has 0 unspecified atom stereocenters. The van der Waals surface area contributed by atoms with Crippen molar-refractivity contribution < 1.29 is 9.90 Å². The van der Waals surface area contributed by atoms with Gasteiger partial charge in [-0.25, -0.2) is 0 Å². The van der Waals surface area contributed by atoms with E-state index in [0.29, 0.717) is 11.7 Å². The first kappa shape index (κ1) is 18.8. The molecular formula is C22H25N3O2. The third-order valence-corrected chi connectivity index (χ3v) is 5.25. The second-order valence-electron chi connectivity index (χ2n) is 7.16. The molecule has 140 valence electrons. The number of hydrogen-bond acceptors (Lipinski definition) is 3. The SMILES string of the molecule is Cc1cc(/C=C(/C#N)C(=O)Nc2ccc(O)cc2)c(C)n1C1CCCCC1. The van der Waals surface area contributed by atoms with Gasteiger partial charge < -0.3 is 15.0 Å². The molecule has 0 aliphatic heterocycles. The van der Waals surface area contributed by atoms with E-state index in [2.05, 4.69) is 29.8 Å². The quantitative estimate of drug-likeness (QED) is 0.462. The zero-order valence-electron chi connectivity index (χ0n) is 15.8. The maximum absolute atomic E-state index is 12.5. The van der Waals surface area contributed by atoms with Crippen molar-refractivity contribution in [1.82, 2.24) is 4.57 Å². The molecule has 1 amide bonds. The van der Waals surface area contributed by atoms with Gasteiger partial charge in [-0.05, 0) is 68.7 Å². The Morgan fingerprint density at radius 3 is 2.52 bits per heavy atom. The number of benzene rings is 1. The minimum atomic E-state index is -0.453. The van der Waals surface area contributed by atoms with Crippen LogP contribution in [0.1, 0.15) is 55.1 Å². The van der Waals surface area contributed by atoms with Gasteiger partial charge in [0.05, 0.1) is 0 Å².